The van der Waals surface area contributed by atoms with Gasteiger partial charge in [-0.15, -0.1) is 0 Å². The summed E-state index contributed by atoms with van der Waals surface area (Å²) in [5.41, 5.74) is 2.51. The summed E-state index contributed by atoms with van der Waals surface area (Å²) in [6.07, 6.45) is -1.69. The van der Waals surface area contributed by atoms with Crippen LogP contribution in [-0.4, -0.2) is 21.8 Å². The molecular formula is C25H16F4N4O2. The van der Waals surface area contributed by atoms with Crippen LogP contribution < -0.4 is 5.43 Å². The van der Waals surface area contributed by atoms with Crippen LogP contribution in [0.25, 0.3) is 10.9 Å². The third kappa shape index (κ3) is 4.99. The zero-order valence-corrected chi connectivity index (χ0v) is 17.8. The smallest absolute Gasteiger partial charge is 0.416 e. The normalized spacial score (nSPS) is 11.6. The van der Waals surface area contributed by atoms with E-state index in [1.54, 1.807) is 41.1 Å². The summed E-state index contributed by atoms with van der Waals surface area (Å²) in [6.45, 7) is -0.127. The summed E-state index contributed by atoms with van der Waals surface area (Å²) in [5.74, 6) is -1.81. The quantitative estimate of drug-likeness (QED) is 0.234. The van der Waals surface area contributed by atoms with Gasteiger partial charge in [-0.3, -0.25) is 4.79 Å². The molecule has 10 heteroatoms. The van der Waals surface area contributed by atoms with E-state index in [-0.39, 0.29) is 29.0 Å². The molecule has 0 aliphatic heterocycles. The van der Waals surface area contributed by atoms with Crippen molar-refractivity contribution in [2.24, 2.45) is 5.10 Å². The Bertz CT molecular complexity index is 1500. The molecule has 6 nitrogen and oxygen atoms in total. The molecule has 1 aromatic heterocycles. The molecule has 0 aliphatic rings. The number of phenolic OH excluding ortho intramolecular Hbond substituents is 1. The molecule has 0 unspecified atom stereocenters. The van der Waals surface area contributed by atoms with Crippen LogP contribution in [0.15, 0.2) is 72.0 Å². The predicted octanol–water partition coefficient (Wildman–Crippen LogP) is 5.19. The van der Waals surface area contributed by atoms with Gasteiger partial charge in [0.25, 0.3) is 5.91 Å². The maximum Gasteiger partial charge on any atom is 0.416 e. The molecule has 1 amide bonds. The summed E-state index contributed by atoms with van der Waals surface area (Å²) >= 11 is 0. The summed E-state index contributed by atoms with van der Waals surface area (Å²) in [4.78, 5) is 12.3. The lowest BCUT2D eigenvalue weighted by Gasteiger charge is -2.14. The highest BCUT2D eigenvalue weighted by Gasteiger charge is 2.33. The van der Waals surface area contributed by atoms with Crippen LogP contribution in [0.2, 0.25) is 0 Å². The van der Waals surface area contributed by atoms with Crippen molar-refractivity contribution in [1.29, 1.82) is 5.26 Å². The van der Waals surface area contributed by atoms with Crippen molar-refractivity contribution >= 4 is 23.0 Å². The van der Waals surface area contributed by atoms with E-state index in [0.717, 1.165) is 12.1 Å². The number of rotatable bonds is 5. The van der Waals surface area contributed by atoms with E-state index in [9.17, 15) is 27.5 Å². The van der Waals surface area contributed by atoms with Crippen molar-refractivity contribution in [2.75, 3.05) is 0 Å². The second-order valence-electron chi connectivity index (χ2n) is 7.57. The van der Waals surface area contributed by atoms with Crippen LogP contribution >= 0.6 is 0 Å². The SMILES string of the molecule is N#Cc1cc(C(=O)NN=Cc2cccc3c2ccn3Cc2ccc(F)cc2C(F)(F)F)ccc1O. The van der Waals surface area contributed by atoms with Gasteiger partial charge >= 0.3 is 6.18 Å². The number of aromatic hydroxyl groups is 1. The highest BCUT2D eigenvalue weighted by molar-refractivity contribution is 6.00. The Morgan fingerprint density at radius 1 is 1.14 bits per heavy atom. The minimum Gasteiger partial charge on any atom is -0.507 e. The highest BCUT2D eigenvalue weighted by atomic mass is 19.4. The molecule has 35 heavy (non-hydrogen) atoms. The summed E-state index contributed by atoms with van der Waals surface area (Å²) in [6, 6.07) is 15.0. The largest absolute Gasteiger partial charge is 0.507 e. The standard InChI is InChI=1S/C25H16F4N4O2/c26-19-6-4-17(21(11-19)25(27,28)29)14-33-9-8-20-16(2-1-3-22(20)33)13-31-32-24(35)15-5-7-23(34)18(10-15)12-30/h1-11,13,34H,14H2,(H,32,35). The fourth-order valence-electron chi connectivity index (χ4n) is 3.62. The van der Waals surface area contributed by atoms with E-state index in [1.807, 2.05) is 0 Å². The molecule has 0 saturated heterocycles. The van der Waals surface area contributed by atoms with Crippen LogP contribution in [0.1, 0.15) is 32.6 Å². The Balaban J connectivity index is 1.57. The number of hydrogen-bond acceptors (Lipinski definition) is 4. The number of carbonyl (C=O) groups excluding carboxylic acids is 1. The van der Waals surface area contributed by atoms with Crippen molar-refractivity contribution in [3.63, 3.8) is 0 Å². The maximum atomic E-state index is 13.4. The van der Waals surface area contributed by atoms with Crippen LogP contribution in [0.3, 0.4) is 0 Å². The number of phenols is 1. The third-order valence-corrected chi connectivity index (χ3v) is 5.31. The minimum absolute atomic E-state index is 0.0532. The Labute approximate surface area is 196 Å². The number of aromatic nitrogens is 1. The lowest BCUT2D eigenvalue weighted by molar-refractivity contribution is -0.138. The van der Waals surface area contributed by atoms with Gasteiger partial charge in [0.2, 0.25) is 0 Å². The second kappa shape index (κ2) is 9.30. The van der Waals surface area contributed by atoms with Crippen molar-refractivity contribution in [3.8, 4) is 11.8 Å². The number of nitrogens with zero attached hydrogens (tertiary/aromatic N) is 3. The van der Waals surface area contributed by atoms with E-state index in [4.69, 9.17) is 5.26 Å². The molecule has 2 N–H and O–H groups in total. The Morgan fingerprint density at radius 2 is 1.94 bits per heavy atom. The van der Waals surface area contributed by atoms with Crippen LogP contribution in [0, 0.1) is 17.1 Å². The number of hydrogen-bond donors (Lipinski definition) is 2. The van der Waals surface area contributed by atoms with Gasteiger partial charge < -0.3 is 9.67 Å². The number of nitriles is 1. The average Bonchev–Trinajstić information content (AvgIpc) is 3.23. The van der Waals surface area contributed by atoms with E-state index in [2.05, 4.69) is 10.5 Å². The molecule has 0 bridgehead atoms. The first-order valence-corrected chi connectivity index (χ1v) is 10.2. The Kier molecular flexibility index (Phi) is 6.25. The van der Waals surface area contributed by atoms with Gasteiger partial charge in [-0.25, -0.2) is 9.82 Å². The molecule has 0 radical (unpaired) electrons. The molecule has 0 spiro atoms. The molecule has 176 valence electrons. The molecule has 0 aliphatic carbocycles. The highest BCUT2D eigenvalue weighted by Crippen LogP contribution is 2.33. The van der Waals surface area contributed by atoms with Gasteiger partial charge in [-0.2, -0.15) is 23.5 Å². The maximum absolute atomic E-state index is 13.4. The first kappa shape index (κ1) is 23.5. The fourth-order valence-corrected chi connectivity index (χ4v) is 3.62. The molecule has 3 aromatic carbocycles. The molecular weight excluding hydrogens is 464 g/mol. The molecule has 0 fully saturated rings. The number of alkyl halides is 3. The van der Waals surface area contributed by atoms with Gasteiger partial charge in [-0.1, -0.05) is 18.2 Å². The number of nitrogens with one attached hydrogen (secondary N) is 1. The Hall–Kier alpha value is -4.65. The summed E-state index contributed by atoms with van der Waals surface area (Å²) < 4.78 is 55.1. The van der Waals surface area contributed by atoms with Crippen molar-refractivity contribution in [3.05, 3.63) is 100 Å². The molecule has 0 atom stereocenters. The average molecular weight is 480 g/mol. The number of carbonyl (C=O) groups is 1. The van der Waals surface area contributed by atoms with E-state index < -0.39 is 23.5 Å². The summed E-state index contributed by atoms with van der Waals surface area (Å²) in [7, 11) is 0. The van der Waals surface area contributed by atoms with Gasteiger partial charge in [0.05, 0.1) is 17.3 Å². The molecule has 0 saturated carbocycles. The Morgan fingerprint density at radius 3 is 2.69 bits per heavy atom. The first-order chi connectivity index (χ1) is 16.7. The van der Waals surface area contributed by atoms with Crippen molar-refractivity contribution in [2.45, 2.75) is 12.7 Å². The monoisotopic (exact) mass is 480 g/mol. The number of hydrazone groups is 1. The summed E-state index contributed by atoms with van der Waals surface area (Å²) in [5, 5.41) is 23.1. The number of benzene rings is 3. The van der Waals surface area contributed by atoms with Crippen molar-refractivity contribution in [1.82, 2.24) is 9.99 Å². The molecule has 4 aromatic rings. The predicted molar refractivity (Wildman–Crippen MR) is 120 cm³/mol. The van der Waals surface area contributed by atoms with E-state index in [0.29, 0.717) is 22.5 Å². The fraction of sp³-hybridized carbons (Fsp3) is 0.0800. The van der Waals surface area contributed by atoms with Gasteiger partial charge in [0, 0.05) is 34.8 Å². The minimum atomic E-state index is -4.69. The molecule has 1 heterocycles. The van der Waals surface area contributed by atoms with E-state index in [1.165, 1.54) is 24.4 Å². The topological polar surface area (TPSA) is 90.4 Å². The van der Waals surface area contributed by atoms with Crippen LogP contribution in [0.4, 0.5) is 17.6 Å². The number of halogens is 4. The number of fused-ring (bicyclic) bond motifs is 1. The van der Waals surface area contributed by atoms with Crippen LogP contribution in [0.5, 0.6) is 5.75 Å². The second-order valence-corrected chi connectivity index (χ2v) is 7.57. The van der Waals surface area contributed by atoms with Gasteiger partial charge in [0.15, 0.2) is 0 Å². The third-order valence-electron chi connectivity index (χ3n) is 5.31. The first-order valence-electron chi connectivity index (χ1n) is 10.2. The molecule has 4 rings (SSSR count). The van der Waals surface area contributed by atoms with E-state index >= 15 is 0 Å². The lowest BCUT2D eigenvalue weighted by Crippen LogP contribution is -2.17. The van der Waals surface area contributed by atoms with Gasteiger partial charge in [0.1, 0.15) is 17.6 Å². The number of amides is 1. The zero-order valence-electron chi connectivity index (χ0n) is 17.8. The lowest BCUT2D eigenvalue weighted by atomic mass is 10.1. The van der Waals surface area contributed by atoms with Crippen molar-refractivity contribution < 1.29 is 27.5 Å². The van der Waals surface area contributed by atoms with Crippen LogP contribution in [-0.2, 0) is 12.7 Å². The zero-order chi connectivity index (χ0) is 25.2. The van der Waals surface area contributed by atoms with Gasteiger partial charge in [-0.05, 0) is 48.0 Å².